The third kappa shape index (κ3) is 10.8. The van der Waals surface area contributed by atoms with E-state index in [4.69, 9.17) is 20.0 Å². The average molecular weight is 506 g/mol. The van der Waals surface area contributed by atoms with E-state index >= 15 is 0 Å². The number of ether oxygens (including phenoxy) is 1. The molecule has 1 amide bonds. The second kappa shape index (κ2) is 16.6. The minimum Gasteiger partial charge on any atom is -0.463 e. The van der Waals surface area contributed by atoms with Crippen molar-refractivity contribution in [2.24, 2.45) is 45.3 Å². The number of fused-ring (bicyclic) bond motifs is 4. The van der Waals surface area contributed by atoms with E-state index < -0.39 is 18.1 Å². The van der Waals surface area contributed by atoms with Crippen LogP contribution in [-0.2, 0) is 19.0 Å². The molecule has 0 radical (unpaired) electrons. The van der Waals surface area contributed by atoms with E-state index in [1.807, 2.05) is 13.8 Å². The van der Waals surface area contributed by atoms with E-state index in [0.29, 0.717) is 23.7 Å². The molecular weight excluding hydrogens is 466 g/mol. The minimum atomic E-state index is -0.605. The van der Waals surface area contributed by atoms with Gasteiger partial charge in [0.05, 0.1) is 18.1 Å². The zero-order valence-corrected chi connectivity index (χ0v) is 21.7. The predicted molar refractivity (Wildman–Crippen MR) is 136 cm³/mol. The maximum atomic E-state index is 11.4. The maximum Gasteiger partial charge on any atom is 0.309 e. The van der Waals surface area contributed by atoms with Crippen LogP contribution in [0.15, 0.2) is 34.1 Å². The van der Waals surface area contributed by atoms with Crippen LogP contribution in [-0.4, -0.2) is 86.3 Å². The topological polar surface area (TPSA) is 158 Å². The van der Waals surface area contributed by atoms with E-state index in [9.17, 15) is 14.7 Å². The van der Waals surface area contributed by atoms with Crippen LogP contribution < -0.4 is 0 Å². The van der Waals surface area contributed by atoms with Gasteiger partial charge >= 0.3 is 76.6 Å². The largest absolute Gasteiger partial charge is 0.463 e. The van der Waals surface area contributed by atoms with Gasteiger partial charge in [0, 0.05) is 0 Å². The van der Waals surface area contributed by atoms with Crippen molar-refractivity contribution >= 4 is 26.4 Å². The third-order valence-electron chi connectivity index (χ3n) is 6.66. The van der Waals surface area contributed by atoms with Gasteiger partial charge in [-0.3, -0.25) is 4.79 Å². The van der Waals surface area contributed by atoms with Gasteiger partial charge in [-0.15, -0.1) is 0 Å². The molecule has 4 rings (SSSR count). The van der Waals surface area contributed by atoms with Crippen molar-refractivity contribution in [3.05, 3.63) is 24.3 Å². The van der Waals surface area contributed by atoms with Gasteiger partial charge in [-0.1, -0.05) is 24.3 Å². The molecule has 2 fully saturated rings. The SMILES string of the molecule is CC(C)(O)C1CC2C=CC1C2.CN=BO.COB=NC(=O)CO.O=C(OCCO)C1CC2C=CC1C2. The Bertz CT molecular complexity index is 793. The maximum absolute atomic E-state index is 11.4. The molecule has 4 aliphatic rings. The van der Waals surface area contributed by atoms with E-state index in [0.717, 1.165) is 33.3 Å². The van der Waals surface area contributed by atoms with E-state index in [2.05, 4.69) is 38.7 Å². The van der Waals surface area contributed by atoms with Crippen molar-refractivity contribution in [2.75, 3.05) is 34.0 Å². The Morgan fingerprint density at radius 2 is 1.61 bits per heavy atom. The fourth-order valence-electron chi connectivity index (χ4n) is 5.05. The molecule has 0 aromatic heterocycles. The summed E-state index contributed by atoms with van der Waals surface area (Å²) >= 11 is 0. The molecule has 12 heteroatoms. The molecule has 4 bridgehead atoms. The number of aliphatic hydroxyl groups is 3. The normalized spacial score (nSPS) is 28.3. The standard InChI is InChI=1S/C10H14O3.C10H16O.C3H6BNO3.CH4BNO/c11-3-4-13-10(12)9-6-7-1-2-8(9)5-7;1-10(2,11)9-6-7-3-4-8(9)5-7;1-8-4-5-3(7)2-6;1-3-2-4/h1-2,7-9,11H,3-6H2;3-4,7-9,11H,5-6H2,1-2H3;6H,2H2,1H3;4H,1H3. The first kappa shape index (κ1) is 31.9. The predicted octanol–water partition coefficient (Wildman–Crippen LogP) is 1.07. The number of esters is 1. The summed E-state index contributed by atoms with van der Waals surface area (Å²) in [5.41, 5.74) is -0.468. The van der Waals surface area contributed by atoms with Crippen molar-refractivity contribution in [1.82, 2.24) is 0 Å². The number of hydrogen-bond acceptors (Lipinski definition) is 8. The zero-order chi connectivity index (χ0) is 27.1. The first-order valence-electron chi connectivity index (χ1n) is 12.2. The summed E-state index contributed by atoms with van der Waals surface area (Å²) < 4.78 is 9.20. The van der Waals surface area contributed by atoms with Gasteiger partial charge in [-0.2, -0.15) is 0 Å². The van der Waals surface area contributed by atoms with Crippen LogP contribution in [0.5, 0.6) is 0 Å². The van der Waals surface area contributed by atoms with Gasteiger partial charge in [0.1, 0.15) is 6.61 Å². The third-order valence-corrected chi connectivity index (χ3v) is 6.66. The Balaban J connectivity index is 0.000000258. The molecule has 0 aromatic rings. The van der Waals surface area contributed by atoms with Crippen molar-refractivity contribution in [3.8, 4) is 0 Å². The average Bonchev–Trinajstić information content (AvgIpc) is 3.68. The van der Waals surface area contributed by atoms with Crippen LogP contribution in [0.2, 0.25) is 0 Å². The first-order chi connectivity index (χ1) is 17.1. The zero-order valence-electron chi connectivity index (χ0n) is 21.7. The molecule has 6 atom stereocenters. The second-order valence-electron chi connectivity index (χ2n) is 9.71. The van der Waals surface area contributed by atoms with Crippen LogP contribution in [0, 0.1) is 35.5 Å². The van der Waals surface area contributed by atoms with Crippen molar-refractivity contribution in [2.45, 2.75) is 45.1 Å². The summed E-state index contributed by atoms with van der Waals surface area (Å²) in [5.74, 6) is 2.26. The fraction of sp³-hybridized carbons (Fsp3) is 0.750. The number of hydrogen-bond donors (Lipinski definition) is 4. The number of allylic oxidation sites excluding steroid dienone is 4. The second-order valence-corrected chi connectivity index (χ2v) is 9.71. The van der Waals surface area contributed by atoms with E-state index in [-0.39, 0.29) is 25.1 Å². The van der Waals surface area contributed by atoms with Crippen LogP contribution in [0.25, 0.3) is 0 Å². The summed E-state index contributed by atoms with van der Waals surface area (Å²) in [6.45, 7) is 3.36. The van der Waals surface area contributed by atoms with Gasteiger partial charge in [0.15, 0.2) is 0 Å². The number of carbonyl (C=O) groups excluding carboxylic acids is 2. The summed E-state index contributed by atoms with van der Waals surface area (Å²) in [7, 11) is 4.59. The molecule has 0 aromatic carbocycles. The Morgan fingerprint density at radius 1 is 1.03 bits per heavy atom. The van der Waals surface area contributed by atoms with Gasteiger partial charge in [0.2, 0.25) is 0 Å². The van der Waals surface area contributed by atoms with Gasteiger partial charge in [-0.05, 0) is 69.1 Å². The Kier molecular flexibility index (Phi) is 14.6. The van der Waals surface area contributed by atoms with Crippen LogP contribution in [0.1, 0.15) is 39.5 Å². The molecule has 0 spiro atoms. The quantitative estimate of drug-likeness (QED) is 0.237. The summed E-state index contributed by atoms with van der Waals surface area (Å²) in [5, 5.41) is 33.9. The molecule has 0 aliphatic heterocycles. The van der Waals surface area contributed by atoms with Crippen LogP contribution in [0.3, 0.4) is 0 Å². The molecule has 10 nitrogen and oxygen atoms in total. The molecule has 4 N–H and O–H groups in total. The smallest absolute Gasteiger partial charge is 0.309 e. The fourth-order valence-corrected chi connectivity index (χ4v) is 5.05. The first-order valence-corrected chi connectivity index (χ1v) is 12.2. The molecule has 6 unspecified atom stereocenters. The molecule has 200 valence electrons. The van der Waals surface area contributed by atoms with Crippen LogP contribution in [0.4, 0.5) is 0 Å². The summed E-state index contributed by atoms with van der Waals surface area (Å²) in [6, 6.07) is 0. The number of carbonyl (C=O) groups is 2. The Morgan fingerprint density at radius 3 is 1.94 bits per heavy atom. The van der Waals surface area contributed by atoms with E-state index in [1.165, 1.54) is 27.0 Å². The molecule has 36 heavy (non-hydrogen) atoms. The summed E-state index contributed by atoms with van der Waals surface area (Å²) in [4.78, 5) is 27.8. The molecule has 2 saturated carbocycles. The van der Waals surface area contributed by atoms with Gasteiger partial charge in [-0.25, -0.2) is 0 Å². The van der Waals surface area contributed by atoms with Gasteiger partial charge < -0.3 is 14.9 Å². The number of aliphatic hydroxyl groups excluding tert-OH is 2. The van der Waals surface area contributed by atoms with Crippen molar-refractivity contribution < 1.29 is 39.3 Å². The number of nitrogens with zero attached hydrogens (tertiary/aromatic N) is 2. The number of amides is 1. The Hall–Kier alpha value is -2.17. The van der Waals surface area contributed by atoms with Crippen LogP contribution >= 0.6 is 0 Å². The number of rotatable bonds is 6. The molecule has 4 aliphatic carbocycles. The van der Waals surface area contributed by atoms with E-state index in [1.54, 1.807) is 0 Å². The molecule has 0 saturated heterocycles. The van der Waals surface area contributed by atoms with Gasteiger partial charge in [0.25, 0.3) is 0 Å². The molecule has 0 heterocycles. The minimum absolute atomic E-state index is 0.0570. The summed E-state index contributed by atoms with van der Waals surface area (Å²) in [6.07, 6.45) is 13.5. The van der Waals surface area contributed by atoms with Crippen molar-refractivity contribution in [3.63, 3.8) is 0 Å². The monoisotopic (exact) mass is 506 g/mol. The Labute approximate surface area is 214 Å². The van der Waals surface area contributed by atoms with Crippen molar-refractivity contribution in [1.29, 1.82) is 0 Å². The molecular formula is C24H40B2N2O8.